The van der Waals surface area contributed by atoms with Gasteiger partial charge in [-0.1, -0.05) is 35.3 Å². The van der Waals surface area contributed by atoms with Crippen molar-refractivity contribution in [2.24, 2.45) is 0 Å². The topological polar surface area (TPSA) is 12.0 Å². The van der Waals surface area contributed by atoms with Crippen LogP contribution in [0.25, 0.3) is 0 Å². The summed E-state index contributed by atoms with van der Waals surface area (Å²) in [7, 11) is 0. The zero-order chi connectivity index (χ0) is 14.0. The van der Waals surface area contributed by atoms with Gasteiger partial charge in [0, 0.05) is 10.0 Å². The number of nitrogens with one attached hydrogen (secondary N) is 1. The summed E-state index contributed by atoms with van der Waals surface area (Å²) < 4.78 is 26.7. The highest BCUT2D eigenvalue weighted by Crippen LogP contribution is 2.29. The lowest BCUT2D eigenvalue weighted by molar-refractivity contribution is 0.510. The molecule has 1 unspecified atom stereocenters. The molecule has 0 saturated carbocycles. The van der Waals surface area contributed by atoms with Crippen molar-refractivity contribution in [1.29, 1.82) is 0 Å². The molecule has 0 aliphatic carbocycles. The zero-order valence-electron chi connectivity index (χ0n) is 10.1. The summed E-state index contributed by atoms with van der Waals surface area (Å²) in [6.07, 6.45) is 0. The smallest absolute Gasteiger partial charge is 0.181 e. The normalized spacial score (nSPS) is 12.3. The molecule has 0 aromatic heterocycles. The van der Waals surface area contributed by atoms with Crippen molar-refractivity contribution in [3.63, 3.8) is 0 Å². The van der Waals surface area contributed by atoms with E-state index < -0.39 is 11.6 Å². The minimum atomic E-state index is -0.903. The fraction of sp³-hybridized carbons (Fsp3) is 0.143. The average molecular weight is 302 g/mol. The van der Waals surface area contributed by atoms with Crippen LogP contribution in [-0.2, 0) is 0 Å². The molecule has 1 atom stereocenters. The summed E-state index contributed by atoms with van der Waals surface area (Å²) in [6, 6.07) is 8.76. The second kappa shape index (κ2) is 5.76. The molecule has 0 bridgehead atoms. The molecule has 0 spiro atoms. The summed E-state index contributed by atoms with van der Waals surface area (Å²) >= 11 is 11.9. The number of hydrogen-bond donors (Lipinski definition) is 1. The molecule has 0 heterocycles. The molecule has 19 heavy (non-hydrogen) atoms. The van der Waals surface area contributed by atoms with Crippen molar-refractivity contribution in [2.45, 2.75) is 13.0 Å². The SMILES string of the molecule is CC(Nc1cccc(F)c1F)c1ccc(Cl)cc1Cl. The Hall–Kier alpha value is -1.32. The molecule has 2 aromatic carbocycles. The first-order chi connectivity index (χ1) is 8.99. The van der Waals surface area contributed by atoms with Gasteiger partial charge in [0.25, 0.3) is 0 Å². The number of anilines is 1. The third-order valence-electron chi connectivity index (χ3n) is 2.75. The first kappa shape index (κ1) is 14.1. The standard InChI is InChI=1S/C14H11Cl2F2N/c1-8(10-6-5-9(15)7-11(10)16)19-13-4-2-3-12(17)14(13)18/h2-8,19H,1H3. The van der Waals surface area contributed by atoms with Crippen molar-refractivity contribution >= 4 is 28.9 Å². The molecule has 0 aliphatic heterocycles. The van der Waals surface area contributed by atoms with Crippen molar-refractivity contribution in [1.82, 2.24) is 0 Å². The van der Waals surface area contributed by atoms with E-state index >= 15 is 0 Å². The molecule has 0 amide bonds. The molecule has 0 fully saturated rings. The van der Waals surface area contributed by atoms with Gasteiger partial charge in [0.1, 0.15) is 0 Å². The van der Waals surface area contributed by atoms with E-state index in [1.54, 1.807) is 25.1 Å². The minimum absolute atomic E-state index is 0.0958. The van der Waals surface area contributed by atoms with Crippen molar-refractivity contribution in [3.8, 4) is 0 Å². The highest BCUT2D eigenvalue weighted by Gasteiger charge is 2.13. The lowest BCUT2D eigenvalue weighted by Crippen LogP contribution is -2.09. The predicted octanol–water partition coefficient (Wildman–Crippen LogP) is 5.44. The predicted molar refractivity (Wildman–Crippen MR) is 74.9 cm³/mol. The molecular weight excluding hydrogens is 291 g/mol. The third kappa shape index (κ3) is 3.17. The van der Waals surface area contributed by atoms with Gasteiger partial charge < -0.3 is 5.32 Å². The fourth-order valence-electron chi connectivity index (χ4n) is 1.78. The average Bonchev–Trinajstić information content (AvgIpc) is 2.34. The van der Waals surface area contributed by atoms with E-state index in [2.05, 4.69) is 5.32 Å². The Balaban J connectivity index is 2.25. The lowest BCUT2D eigenvalue weighted by Gasteiger charge is -2.17. The maximum Gasteiger partial charge on any atom is 0.181 e. The largest absolute Gasteiger partial charge is 0.376 e. The van der Waals surface area contributed by atoms with Gasteiger partial charge in [-0.15, -0.1) is 0 Å². The molecule has 2 rings (SSSR count). The summed E-state index contributed by atoms with van der Waals surface area (Å²) in [6.45, 7) is 1.81. The first-order valence-corrected chi connectivity index (χ1v) is 6.40. The number of halogens is 4. The molecule has 1 N–H and O–H groups in total. The van der Waals surface area contributed by atoms with E-state index in [1.165, 1.54) is 12.1 Å². The Morgan fingerprint density at radius 1 is 1.11 bits per heavy atom. The van der Waals surface area contributed by atoms with Crippen LogP contribution in [0, 0.1) is 11.6 Å². The van der Waals surface area contributed by atoms with Crippen LogP contribution in [0.15, 0.2) is 36.4 Å². The highest BCUT2D eigenvalue weighted by atomic mass is 35.5. The minimum Gasteiger partial charge on any atom is -0.376 e. The Bertz CT molecular complexity index is 602. The molecule has 0 aliphatic rings. The van der Waals surface area contributed by atoms with Gasteiger partial charge in [-0.25, -0.2) is 8.78 Å². The van der Waals surface area contributed by atoms with Gasteiger partial charge in [0.05, 0.1) is 11.7 Å². The van der Waals surface area contributed by atoms with Crippen molar-refractivity contribution in [2.75, 3.05) is 5.32 Å². The van der Waals surface area contributed by atoms with Gasteiger partial charge in [0.2, 0.25) is 0 Å². The molecular formula is C14H11Cl2F2N. The van der Waals surface area contributed by atoms with E-state index in [1.807, 2.05) is 0 Å². The van der Waals surface area contributed by atoms with Crippen LogP contribution < -0.4 is 5.32 Å². The number of rotatable bonds is 3. The van der Waals surface area contributed by atoms with Gasteiger partial charge in [-0.2, -0.15) is 0 Å². The van der Waals surface area contributed by atoms with E-state index in [-0.39, 0.29) is 11.7 Å². The summed E-state index contributed by atoms with van der Waals surface area (Å²) in [5.41, 5.74) is 0.855. The van der Waals surface area contributed by atoms with Gasteiger partial charge in [0.15, 0.2) is 11.6 Å². The molecule has 5 heteroatoms. The van der Waals surface area contributed by atoms with Gasteiger partial charge in [-0.3, -0.25) is 0 Å². The quantitative estimate of drug-likeness (QED) is 0.795. The molecule has 1 nitrogen and oxygen atoms in total. The van der Waals surface area contributed by atoms with E-state index in [0.717, 1.165) is 11.6 Å². The van der Waals surface area contributed by atoms with Gasteiger partial charge >= 0.3 is 0 Å². The van der Waals surface area contributed by atoms with E-state index in [4.69, 9.17) is 23.2 Å². The van der Waals surface area contributed by atoms with Crippen LogP contribution in [0.3, 0.4) is 0 Å². The van der Waals surface area contributed by atoms with Crippen LogP contribution in [0.2, 0.25) is 10.0 Å². The maximum absolute atomic E-state index is 13.6. The van der Waals surface area contributed by atoms with Crippen LogP contribution in [-0.4, -0.2) is 0 Å². The Morgan fingerprint density at radius 2 is 1.84 bits per heavy atom. The van der Waals surface area contributed by atoms with E-state index in [0.29, 0.717) is 10.0 Å². The second-order valence-electron chi connectivity index (χ2n) is 4.13. The molecule has 100 valence electrons. The van der Waals surface area contributed by atoms with Crippen LogP contribution >= 0.6 is 23.2 Å². The lowest BCUT2D eigenvalue weighted by atomic mass is 10.1. The first-order valence-electron chi connectivity index (χ1n) is 5.64. The van der Waals surface area contributed by atoms with Crippen LogP contribution in [0.1, 0.15) is 18.5 Å². The fourth-order valence-corrected chi connectivity index (χ4v) is 2.35. The highest BCUT2D eigenvalue weighted by molar-refractivity contribution is 6.35. The number of benzene rings is 2. The van der Waals surface area contributed by atoms with E-state index in [9.17, 15) is 8.78 Å². The zero-order valence-corrected chi connectivity index (χ0v) is 11.6. The Kier molecular flexibility index (Phi) is 4.27. The Labute approximate surface area is 120 Å². The molecule has 0 radical (unpaired) electrons. The summed E-state index contributed by atoms with van der Waals surface area (Å²) in [5, 5.41) is 3.89. The monoisotopic (exact) mass is 301 g/mol. The van der Waals surface area contributed by atoms with Gasteiger partial charge in [-0.05, 0) is 36.8 Å². The summed E-state index contributed by atoms with van der Waals surface area (Å²) in [4.78, 5) is 0. The maximum atomic E-state index is 13.6. The molecule has 0 saturated heterocycles. The number of hydrogen-bond acceptors (Lipinski definition) is 1. The van der Waals surface area contributed by atoms with Crippen molar-refractivity contribution in [3.05, 3.63) is 63.6 Å². The third-order valence-corrected chi connectivity index (χ3v) is 3.32. The molecule has 2 aromatic rings. The second-order valence-corrected chi connectivity index (χ2v) is 4.98. The van der Waals surface area contributed by atoms with Crippen molar-refractivity contribution < 1.29 is 8.78 Å². The summed E-state index contributed by atoms with van der Waals surface area (Å²) in [5.74, 6) is -1.79. The van der Waals surface area contributed by atoms with Crippen LogP contribution in [0.5, 0.6) is 0 Å². The van der Waals surface area contributed by atoms with Crippen LogP contribution in [0.4, 0.5) is 14.5 Å². The Morgan fingerprint density at radius 3 is 2.53 bits per heavy atom.